The summed E-state index contributed by atoms with van der Waals surface area (Å²) in [5, 5.41) is 1.26. The molecule has 1 saturated heterocycles. The van der Waals surface area contributed by atoms with Crippen LogP contribution in [0.25, 0.3) is 0 Å². The first-order valence-corrected chi connectivity index (χ1v) is 8.83. The normalized spacial score (nSPS) is 17.1. The van der Waals surface area contributed by atoms with Crippen LogP contribution in [0.1, 0.15) is 20.3 Å². The lowest BCUT2D eigenvalue weighted by molar-refractivity contribution is 0.113. The zero-order valence-corrected chi connectivity index (χ0v) is 15.0. The minimum absolute atomic E-state index is 0.614. The summed E-state index contributed by atoms with van der Waals surface area (Å²) in [7, 11) is 0. The third kappa shape index (κ3) is 5.96. The fourth-order valence-corrected chi connectivity index (χ4v) is 2.88. The molecule has 5 heteroatoms. The highest BCUT2D eigenvalue weighted by molar-refractivity contribution is 6.34. The molecule has 1 aliphatic rings. The van der Waals surface area contributed by atoms with E-state index in [0.29, 0.717) is 22.4 Å². The highest BCUT2D eigenvalue weighted by Gasteiger charge is 2.16. The number of nitrogens with zero attached hydrogens (tertiary/aromatic N) is 2. The van der Waals surface area contributed by atoms with E-state index < -0.39 is 0 Å². The lowest BCUT2D eigenvalue weighted by Crippen LogP contribution is -2.47. The standard InChI is InChI=1S/C17H26Cl2N2O/c1-14(2)5-6-20-7-9-21(10-8-20)11-12-22-17-13-15(18)3-4-16(17)19/h3-4,13-14H,5-12H2,1-2H3. The topological polar surface area (TPSA) is 15.7 Å². The maximum absolute atomic E-state index is 6.09. The molecule has 0 aromatic heterocycles. The zero-order chi connectivity index (χ0) is 15.9. The summed E-state index contributed by atoms with van der Waals surface area (Å²) in [4.78, 5) is 5.01. The first-order chi connectivity index (χ1) is 10.5. The molecule has 1 aliphatic heterocycles. The van der Waals surface area contributed by atoms with Gasteiger partial charge in [0.05, 0.1) is 5.02 Å². The number of rotatable bonds is 7. The van der Waals surface area contributed by atoms with E-state index >= 15 is 0 Å². The van der Waals surface area contributed by atoms with Gasteiger partial charge in [-0.05, 0) is 31.0 Å². The van der Waals surface area contributed by atoms with E-state index in [4.69, 9.17) is 27.9 Å². The summed E-state index contributed by atoms with van der Waals surface area (Å²) in [6.07, 6.45) is 1.29. The molecule has 0 bridgehead atoms. The molecule has 0 aliphatic carbocycles. The van der Waals surface area contributed by atoms with Crippen molar-refractivity contribution in [1.82, 2.24) is 9.80 Å². The molecule has 1 aromatic rings. The molecule has 1 heterocycles. The Morgan fingerprint density at radius 3 is 2.32 bits per heavy atom. The van der Waals surface area contributed by atoms with Crippen LogP contribution in [0, 0.1) is 5.92 Å². The molecule has 1 fully saturated rings. The monoisotopic (exact) mass is 344 g/mol. The predicted molar refractivity (Wildman–Crippen MR) is 94.3 cm³/mol. The van der Waals surface area contributed by atoms with Crippen LogP contribution in [0.4, 0.5) is 0 Å². The van der Waals surface area contributed by atoms with Gasteiger partial charge in [-0.3, -0.25) is 4.90 Å². The zero-order valence-electron chi connectivity index (χ0n) is 13.5. The van der Waals surface area contributed by atoms with E-state index in [1.54, 1.807) is 18.2 Å². The second-order valence-electron chi connectivity index (χ2n) is 6.29. The first kappa shape index (κ1) is 17.9. The smallest absolute Gasteiger partial charge is 0.139 e. The van der Waals surface area contributed by atoms with Crippen molar-refractivity contribution in [2.45, 2.75) is 20.3 Å². The first-order valence-electron chi connectivity index (χ1n) is 8.07. The minimum Gasteiger partial charge on any atom is -0.491 e. The summed E-state index contributed by atoms with van der Waals surface area (Å²) in [5.74, 6) is 1.46. The molecule has 0 atom stereocenters. The molecular formula is C17H26Cl2N2O. The fraction of sp³-hybridized carbons (Fsp3) is 0.647. The number of halogens is 2. The van der Waals surface area contributed by atoms with Crippen LogP contribution in [0.15, 0.2) is 18.2 Å². The molecule has 1 aromatic carbocycles. The minimum atomic E-state index is 0.614. The quantitative estimate of drug-likeness (QED) is 0.742. The van der Waals surface area contributed by atoms with Gasteiger partial charge in [-0.2, -0.15) is 0 Å². The predicted octanol–water partition coefficient (Wildman–Crippen LogP) is 4.04. The Bertz CT molecular complexity index is 460. The van der Waals surface area contributed by atoms with Gasteiger partial charge in [0.2, 0.25) is 0 Å². The van der Waals surface area contributed by atoms with Crippen LogP contribution < -0.4 is 4.74 Å². The Morgan fingerprint density at radius 1 is 1.05 bits per heavy atom. The van der Waals surface area contributed by atoms with Gasteiger partial charge >= 0.3 is 0 Å². The molecule has 0 unspecified atom stereocenters. The van der Waals surface area contributed by atoms with E-state index in [1.165, 1.54) is 13.0 Å². The van der Waals surface area contributed by atoms with Crippen LogP contribution in [-0.4, -0.2) is 55.7 Å². The lowest BCUT2D eigenvalue weighted by Gasteiger charge is -2.34. The summed E-state index contributed by atoms with van der Waals surface area (Å²) >= 11 is 12.1. The van der Waals surface area contributed by atoms with Crippen molar-refractivity contribution < 1.29 is 4.74 Å². The van der Waals surface area contributed by atoms with Gasteiger partial charge in [0.15, 0.2) is 0 Å². The fourth-order valence-electron chi connectivity index (χ4n) is 2.55. The molecule has 0 saturated carbocycles. The molecule has 0 amide bonds. The van der Waals surface area contributed by atoms with Gasteiger partial charge in [0.25, 0.3) is 0 Å². The summed E-state index contributed by atoms with van der Waals surface area (Å²) in [6, 6.07) is 5.31. The molecule has 124 valence electrons. The Morgan fingerprint density at radius 2 is 1.68 bits per heavy atom. The van der Waals surface area contributed by atoms with Crippen LogP contribution in [0.2, 0.25) is 10.0 Å². The van der Waals surface area contributed by atoms with Crippen molar-refractivity contribution in [2.24, 2.45) is 5.92 Å². The molecule has 2 rings (SSSR count). The molecule has 0 radical (unpaired) electrons. The van der Waals surface area contributed by atoms with Crippen molar-refractivity contribution in [2.75, 3.05) is 45.9 Å². The number of ether oxygens (including phenoxy) is 1. The summed E-state index contributed by atoms with van der Waals surface area (Å²) in [5.41, 5.74) is 0. The highest BCUT2D eigenvalue weighted by Crippen LogP contribution is 2.27. The second-order valence-corrected chi connectivity index (χ2v) is 7.13. The Balaban J connectivity index is 1.65. The van der Waals surface area contributed by atoms with E-state index in [-0.39, 0.29) is 0 Å². The second kappa shape index (κ2) is 8.97. The Hall–Kier alpha value is -0.480. The number of benzene rings is 1. The maximum Gasteiger partial charge on any atom is 0.139 e. The SMILES string of the molecule is CC(C)CCN1CCN(CCOc2cc(Cl)ccc2Cl)CC1. The van der Waals surface area contributed by atoms with Crippen LogP contribution >= 0.6 is 23.2 Å². The molecule has 22 heavy (non-hydrogen) atoms. The summed E-state index contributed by atoms with van der Waals surface area (Å²) < 4.78 is 5.75. The van der Waals surface area contributed by atoms with E-state index in [9.17, 15) is 0 Å². The number of piperazine rings is 1. The highest BCUT2D eigenvalue weighted by atomic mass is 35.5. The van der Waals surface area contributed by atoms with Crippen LogP contribution in [0.5, 0.6) is 5.75 Å². The average molecular weight is 345 g/mol. The Labute approximate surface area is 144 Å². The Kier molecular flexibility index (Phi) is 7.29. The summed E-state index contributed by atoms with van der Waals surface area (Å²) in [6.45, 7) is 11.9. The van der Waals surface area contributed by atoms with Crippen LogP contribution in [-0.2, 0) is 0 Å². The number of hydrogen-bond donors (Lipinski definition) is 0. The van der Waals surface area contributed by atoms with Crippen molar-refractivity contribution in [3.05, 3.63) is 28.2 Å². The van der Waals surface area contributed by atoms with Gasteiger partial charge in [-0.25, -0.2) is 0 Å². The molecule has 0 spiro atoms. The van der Waals surface area contributed by atoms with E-state index in [0.717, 1.165) is 38.6 Å². The maximum atomic E-state index is 6.09. The largest absolute Gasteiger partial charge is 0.491 e. The molecule has 0 N–H and O–H groups in total. The van der Waals surface area contributed by atoms with Crippen LogP contribution in [0.3, 0.4) is 0 Å². The van der Waals surface area contributed by atoms with E-state index in [2.05, 4.69) is 23.6 Å². The van der Waals surface area contributed by atoms with Crippen molar-refractivity contribution in [3.8, 4) is 5.75 Å². The third-order valence-corrected chi connectivity index (χ3v) is 4.59. The van der Waals surface area contributed by atoms with Gasteiger partial charge in [0.1, 0.15) is 12.4 Å². The average Bonchev–Trinajstić information content (AvgIpc) is 2.50. The van der Waals surface area contributed by atoms with Gasteiger partial charge in [-0.1, -0.05) is 37.0 Å². The molecule has 3 nitrogen and oxygen atoms in total. The van der Waals surface area contributed by atoms with E-state index in [1.807, 2.05) is 0 Å². The van der Waals surface area contributed by atoms with Gasteiger partial charge in [-0.15, -0.1) is 0 Å². The van der Waals surface area contributed by atoms with Gasteiger partial charge in [0, 0.05) is 43.8 Å². The van der Waals surface area contributed by atoms with Crippen molar-refractivity contribution in [3.63, 3.8) is 0 Å². The number of hydrogen-bond acceptors (Lipinski definition) is 3. The third-order valence-electron chi connectivity index (χ3n) is 4.05. The molecular weight excluding hydrogens is 319 g/mol. The lowest BCUT2D eigenvalue weighted by atomic mass is 10.1. The van der Waals surface area contributed by atoms with Crippen molar-refractivity contribution in [1.29, 1.82) is 0 Å². The van der Waals surface area contributed by atoms with Gasteiger partial charge < -0.3 is 9.64 Å². The van der Waals surface area contributed by atoms with Crippen molar-refractivity contribution >= 4 is 23.2 Å².